The van der Waals surface area contributed by atoms with Crippen molar-refractivity contribution in [2.24, 2.45) is 0 Å². The number of benzene rings is 1. The number of carbonyl (C=O) groups excluding carboxylic acids is 1. The van der Waals surface area contributed by atoms with Gasteiger partial charge >= 0.3 is 5.97 Å². The molecule has 0 fully saturated rings. The van der Waals surface area contributed by atoms with Crippen LogP contribution in [0, 0.1) is 0 Å². The van der Waals surface area contributed by atoms with Crippen molar-refractivity contribution in [2.45, 2.75) is 6.92 Å². The fourth-order valence-corrected chi connectivity index (χ4v) is 1.35. The number of aliphatic carboxylic acids is 1. The third-order valence-corrected chi connectivity index (χ3v) is 2.18. The van der Waals surface area contributed by atoms with E-state index in [1.54, 1.807) is 25.1 Å². The highest BCUT2D eigenvalue weighted by Gasteiger charge is 2.15. The molecule has 1 rings (SSSR count). The summed E-state index contributed by atoms with van der Waals surface area (Å²) in [7, 11) is 1.40. The van der Waals surface area contributed by atoms with Crippen molar-refractivity contribution < 1.29 is 19.4 Å². The summed E-state index contributed by atoms with van der Waals surface area (Å²) in [6.07, 6.45) is 0.672. The summed E-state index contributed by atoms with van der Waals surface area (Å²) in [4.78, 5) is 21.7. The molecular formula is C12H12O4. The average molecular weight is 220 g/mol. The van der Waals surface area contributed by atoms with Gasteiger partial charge in [0.1, 0.15) is 17.6 Å². The highest BCUT2D eigenvalue weighted by molar-refractivity contribution is 6.16. The summed E-state index contributed by atoms with van der Waals surface area (Å²) in [5, 5.41) is 9.07. The molecule has 0 radical (unpaired) electrons. The molecule has 0 atom stereocenters. The van der Waals surface area contributed by atoms with Gasteiger partial charge in [0, 0.05) is 5.56 Å². The van der Waals surface area contributed by atoms with Gasteiger partial charge in [-0.05, 0) is 18.6 Å². The Hall–Kier alpha value is -2.10. The van der Waals surface area contributed by atoms with Crippen LogP contribution in [0.4, 0.5) is 0 Å². The van der Waals surface area contributed by atoms with Gasteiger partial charge in [-0.15, -0.1) is 0 Å². The first-order valence-corrected chi connectivity index (χ1v) is 4.64. The maximum absolute atomic E-state index is 11.1. The quantitative estimate of drug-likeness (QED) is 0.478. The van der Waals surface area contributed by atoms with E-state index in [1.807, 2.05) is 0 Å². The summed E-state index contributed by atoms with van der Waals surface area (Å²) in [5.41, 5.74) is 0.947. The fraction of sp³-hybridized carbons (Fsp3) is 0.167. The van der Waals surface area contributed by atoms with Gasteiger partial charge in [-0.3, -0.25) is 4.79 Å². The lowest BCUT2D eigenvalue weighted by molar-refractivity contribution is -0.130. The standard InChI is InChI=1S/C12H12O4/c1-8(16-2)11(12(14)15)10-5-3-4-9(6-10)7-13/h3-7H,1-2H3,(H,14,15). The molecule has 0 bridgehead atoms. The Labute approximate surface area is 93.2 Å². The molecule has 0 saturated carbocycles. The third kappa shape index (κ3) is 2.48. The topological polar surface area (TPSA) is 63.6 Å². The average Bonchev–Trinajstić information content (AvgIpc) is 2.29. The molecule has 16 heavy (non-hydrogen) atoms. The minimum absolute atomic E-state index is 0.0613. The molecule has 0 aliphatic carbocycles. The second-order valence-corrected chi connectivity index (χ2v) is 3.18. The summed E-state index contributed by atoms with van der Waals surface area (Å²) in [5.74, 6) is -0.780. The van der Waals surface area contributed by atoms with Gasteiger partial charge in [-0.25, -0.2) is 4.79 Å². The first-order chi connectivity index (χ1) is 7.60. The maximum Gasteiger partial charge on any atom is 0.339 e. The van der Waals surface area contributed by atoms with E-state index < -0.39 is 5.97 Å². The number of carbonyl (C=O) groups is 2. The number of methoxy groups -OCH3 is 1. The molecule has 4 nitrogen and oxygen atoms in total. The van der Waals surface area contributed by atoms with Gasteiger partial charge in [0.15, 0.2) is 0 Å². The van der Waals surface area contributed by atoms with E-state index in [4.69, 9.17) is 9.84 Å². The predicted molar refractivity (Wildman–Crippen MR) is 59.1 cm³/mol. The Kier molecular flexibility index (Phi) is 3.83. The Morgan fingerprint density at radius 2 is 2.12 bits per heavy atom. The van der Waals surface area contributed by atoms with E-state index in [-0.39, 0.29) is 5.57 Å². The summed E-state index contributed by atoms with van der Waals surface area (Å²) in [6.45, 7) is 1.57. The molecule has 0 aromatic heterocycles. The highest BCUT2D eigenvalue weighted by atomic mass is 16.5. The van der Waals surface area contributed by atoms with E-state index in [9.17, 15) is 9.59 Å². The molecule has 84 valence electrons. The molecule has 0 unspecified atom stereocenters. The van der Waals surface area contributed by atoms with Crippen LogP contribution in [0.2, 0.25) is 0 Å². The summed E-state index contributed by atoms with van der Waals surface area (Å²) < 4.78 is 4.91. The van der Waals surface area contributed by atoms with E-state index >= 15 is 0 Å². The minimum Gasteiger partial charge on any atom is -0.500 e. The molecule has 4 heteroatoms. The zero-order chi connectivity index (χ0) is 12.1. The van der Waals surface area contributed by atoms with E-state index in [2.05, 4.69) is 0 Å². The van der Waals surface area contributed by atoms with Gasteiger partial charge < -0.3 is 9.84 Å². The SMILES string of the molecule is COC(C)=C(C(=O)O)c1cccc(C=O)c1. The molecule has 1 aromatic carbocycles. The molecular weight excluding hydrogens is 208 g/mol. The van der Waals surface area contributed by atoms with Crippen LogP contribution in [0.15, 0.2) is 30.0 Å². The monoisotopic (exact) mass is 220 g/mol. The van der Waals surface area contributed by atoms with Crippen LogP contribution in [0.1, 0.15) is 22.8 Å². The highest BCUT2D eigenvalue weighted by Crippen LogP contribution is 2.20. The molecule has 0 amide bonds. The molecule has 1 aromatic rings. The Balaban J connectivity index is 3.32. The molecule has 0 spiro atoms. The van der Waals surface area contributed by atoms with E-state index in [0.717, 1.165) is 0 Å². The molecule has 0 heterocycles. The number of hydrogen-bond acceptors (Lipinski definition) is 3. The number of carboxylic acid groups (broad SMARTS) is 1. The van der Waals surface area contributed by atoms with Crippen molar-refractivity contribution in [3.05, 3.63) is 41.2 Å². The lowest BCUT2D eigenvalue weighted by atomic mass is 10.0. The third-order valence-electron chi connectivity index (χ3n) is 2.18. The van der Waals surface area contributed by atoms with E-state index in [1.165, 1.54) is 13.2 Å². The first kappa shape index (κ1) is 12.0. The Morgan fingerprint density at radius 1 is 1.44 bits per heavy atom. The van der Waals surface area contributed by atoms with Gasteiger partial charge in [0.25, 0.3) is 0 Å². The lowest BCUT2D eigenvalue weighted by Crippen LogP contribution is -2.04. The Bertz CT molecular complexity index is 446. The summed E-state index contributed by atoms with van der Waals surface area (Å²) >= 11 is 0. The van der Waals surface area contributed by atoms with Crippen molar-refractivity contribution in [1.82, 2.24) is 0 Å². The Morgan fingerprint density at radius 3 is 2.62 bits per heavy atom. The normalized spacial score (nSPS) is 11.6. The molecule has 0 saturated heterocycles. The smallest absolute Gasteiger partial charge is 0.339 e. The second-order valence-electron chi connectivity index (χ2n) is 3.18. The van der Waals surface area contributed by atoms with Crippen molar-refractivity contribution in [3.8, 4) is 0 Å². The second kappa shape index (κ2) is 5.11. The van der Waals surface area contributed by atoms with Crippen LogP contribution >= 0.6 is 0 Å². The fourth-order valence-electron chi connectivity index (χ4n) is 1.35. The number of rotatable bonds is 4. The predicted octanol–water partition coefficient (Wildman–Crippen LogP) is 1.96. The van der Waals surface area contributed by atoms with E-state index in [0.29, 0.717) is 23.2 Å². The maximum atomic E-state index is 11.1. The van der Waals surface area contributed by atoms with Crippen molar-refractivity contribution in [3.63, 3.8) is 0 Å². The number of carboxylic acids is 1. The lowest BCUT2D eigenvalue weighted by Gasteiger charge is -2.07. The minimum atomic E-state index is -1.08. The zero-order valence-corrected chi connectivity index (χ0v) is 9.06. The van der Waals surface area contributed by atoms with Crippen LogP contribution in [-0.4, -0.2) is 24.5 Å². The zero-order valence-electron chi connectivity index (χ0n) is 9.06. The number of aldehydes is 1. The number of ether oxygens (including phenoxy) is 1. The van der Waals surface area contributed by atoms with Crippen molar-refractivity contribution >= 4 is 17.8 Å². The van der Waals surface area contributed by atoms with Crippen LogP contribution < -0.4 is 0 Å². The van der Waals surface area contributed by atoms with Crippen LogP contribution in [0.25, 0.3) is 5.57 Å². The van der Waals surface area contributed by atoms with Gasteiger partial charge in [0.05, 0.1) is 7.11 Å². The molecule has 0 aliphatic rings. The van der Waals surface area contributed by atoms with Gasteiger partial charge in [0.2, 0.25) is 0 Å². The number of hydrogen-bond donors (Lipinski definition) is 1. The molecule has 0 aliphatic heterocycles. The van der Waals surface area contributed by atoms with Gasteiger partial charge in [-0.2, -0.15) is 0 Å². The largest absolute Gasteiger partial charge is 0.500 e. The molecule has 1 N–H and O–H groups in total. The van der Waals surface area contributed by atoms with Gasteiger partial charge in [-0.1, -0.05) is 18.2 Å². The van der Waals surface area contributed by atoms with Crippen LogP contribution in [0.5, 0.6) is 0 Å². The first-order valence-electron chi connectivity index (χ1n) is 4.64. The number of allylic oxidation sites excluding steroid dienone is 1. The van der Waals surface area contributed by atoms with Crippen molar-refractivity contribution in [1.29, 1.82) is 0 Å². The van der Waals surface area contributed by atoms with Crippen molar-refractivity contribution in [2.75, 3.05) is 7.11 Å². The van der Waals surface area contributed by atoms with Crippen LogP contribution in [0.3, 0.4) is 0 Å². The summed E-state index contributed by atoms with van der Waals surface area (Å²) in [6, 6.07) is 6.38. The van der Waals surface area contributed by atoms with Crippen LogP contribution in [-0.2, 0) is 9.53 Å².